The van der Waals surface area contributed by atoms with E-state index in [1.54, 1.807) is 16.7 Å². The van der Waals surface area contributed by atoms with Crippen LogP contribution < -0.4 is 20.8 Å². The summed E-state index contributed by atoms with van der Waals surface area (Å²) in [5, 5.41) is 15.2. The molecule has 3 aromatic rings. The molecular weight excluding hydrogens is 456 g/mol. The molecule has 34 heavy (non-hydrogen) atoms. The molecule has 1 aromatic carbocycles. The number of pyridine rings is 1. The van der Waals surface area contributed by atoms with E-state index in [0.29, 0.717) is 55.0 Å². The molecule has 0 saturated carbocycles. The first-order chi connectivity index (χ1) is 16.3. The second kappa shape index (κ2) is 9.56. The summed E-state index contributed by atoms with van der Waals surface area (Å²) in [5.41, 5.74) is 0.782. The summed E-state index contributed by atoms with van der Waals surface area (Å²) < 4.78 is 1.61. The number of nitrogens with zero attached hydrogens (tertiary/aromatic N) is 5. The van der Waals surface area contributed by atoms with E-state index >= 15 is 0 Å². The van der Waals surface area contributed by atoms with Gasteiger partial charge in [0.15, 0.2) is 10.9 Å². The Kier molecular flexibility index (Phi) is 6.55. The SMILES string of the molecule is CCn1cc(C(=O)[O-])c(=O)c2cnc(N3CCN(C(=S)Nc4ccc(C(C)=O)cc4)CC3)nc21. The number of aromatic nitrogens is 3. The number of carbonyl (C=O) groups excluding carboxylic acids is 2. The standard InChI is InChI=1S/C23H24N6O4S/c1-3-27-13-18(21(32)33)19(31)17-12-24-22(26-20(17)27)28-8-10-29(11-9-28)23(34)25-16-6-4-15(5-7-16)14(2)30/h4-7,12-13H,3,8-11H2,1-2H3,(H,25,34)(H,32,33)/p-1. The number of thiocarbonyl (C=S) groups is 1. The van der Waals surface area contributed by atoms with Gasteiger partial charge >= 0.3 is 0 Å². The van der Waals surface area contributed by atoms with Gasteiger partial charge in [0.05, 0.1) is 16.9 Å². The van der Waals surface area contributed by atoms with Crippen molar-refractivity contribution in [1.29, 1.82) is 0 Å². The zero-order valence-corrected chi connectivity index (χ0v) is 19.6. The Morgan fingerprint density at radius 1 is 1.15 bits per heavy atom. The van der Waals surface area contributed by atoms with Crippen molar-refractivity contribution < 1.29 is 14.7 Å². The lowest BCUT2D eigenvalue weighted by Crippen LogP contribution is -2.50. The van der Waals surface area contributed by atoms with Crippen molar-refractivity contribution in [2.45, 2.75) is 20.4 Å². The van der Waals surface area contributed by atoms with E-state index in [-0.39, 0.29) is 11.2 Å². The highest BCUT2D eigenvalue weighted by molar-refractivity contribution is 7.80. The van der Waals surface area contributed by atoms with Gasteiger partial charge in [0.25, 0.3) is 0 Å². The van der Waals surface area contributed by atoms with Crippen molar-refractivity contribution >= 4 is 51.8 Å². The monoisotopic (exact) mass is 479 g/mol. The van der Waals surface area contributed by atoms with Crippen LogP contribution in [0, 0.1) is 0 Å². The fraction of sp³-hybridized carbons (Fsp3) is 0.304. The molecule has 4 rings (SSSR count). The number of benzene rings is 1. The first-order valence-corrected chi connectivity index (χ1v) is 11.2. The van der Waals surface area contributed by atoms with Gasteiger partial charge in [0.2, 0.25) is 11.4 Å². The third-order valence-corrected chi connectivity index (χ3v) is 6.12. The van der Waals surface area contributed by atoms with Gasteiger partial charge in [-0.05, 0) is 50.3 Å². The number of Topliss-reactive ketones (excluding diaryl/α,β-unsaturated/α-hetero) is 1. The molecule has 10 nitrogen and oxygen atoms in total. The molecule has 3 heterocycles. The number of hydrogen-bond donors (Lipinski definition) is 1. The van der Waals surface area contributed by atoms with Crippen molar-refractivity contribution in [3.8, 4) is 0 Å². The minimum absolute atomic E-state index is 0.0106. The van der Waals surface area contributed by atoms with Crippen LogP contribution in [0.5, 0.6) is 0 Å². The Labute approximate surface area is 200 Å². The van der Waals surface area contributed by atoms with Crippen LogP contribution >= 0.6 is 12.2 Å². The van der Waals surface area contributed by atoms with Crippen LogP contribution in [0.1, 0.15) is 34.6 Å². The highest BCUT2D eigenvalue weighted by Gasteiger charge is 2.22. The Morgan fingerprint density at radius 3 is 2.41 bits per heavy atom. The number of aromatic carboxylic acids is 1. The van der Waals surface area contributed by atoms with E-state index in [1.165, 1.54) is 19.3 Å². The van der Waals surface area contributed by atoms with Crippen molar-refractivity contribution in [3.63, 3.8) is 0 Å². The first-order valence-electron chi connectivity index (χ1n) is 10.8. The topological polar surface area (TPSA) is 123 Å². The van der Waals surface area contributed by atoms with Crippen LogP contribution in [-0.4, -0.2) is 62.5 Å². The largest absolute Gasteiger partial charge is 0.545 e. The quantitative estimate of drug-likeness (QED) is 0.417. The second-order valence-corrected chi connectivity index (χ2v) is 8.28. The number of piperazine rings is 1. The van der Waals surface area contributed by atoms with E-state index in [9.17, 15) is 19.5 Å². The maximum absolute atomic E-state index is 12.5. The lowest BCUT2D eigenvalue weighted by molar-refractivity contribution is -0.255. The lowest BCUT2D eigenvalue weighted by atomic mass is 10.1. The molecule has 0 radical (unpaired) electrons. The number of carboxylic acid groups (broad SMARTS) is 1. The summed E-state index contributed by atoms with van der Waals surface area (Å²) >= 11 is 5.55. The highest BCUT2D eigenvalue weighted by atomic mass is 32.1. The van der Waals surface area contributed by atoms with Crippen LogP contribution in [0.3, 0.4) is 0 Å². The summed E-state index contributed by atoms with van der Waals surface area (Å²) in [6, 6.07) is 7.16. The predicted molar refractivity (Wildman–Crippen MR) is 130 cm³/mol. The van der Waals surface area contributed by atoms with Crippen LogP contribution in [0.15, 0.2) is 41.5 Å². The third kappa shape index (κ3) is 4.60. The molecule has 0 unspecified atom stereocenters. The number of nitrogens with one attached hydrogen (secondary N) is 1. The summed E-state index contributed by atoms with van der Waals surface area (Å²) in [5.74, 6) is -1.04. The number of hydrogen-bond acceptors (Lipinski definition) is 8. The number of anilines is 2. The molecule has 1 saturated heterocycles. The van der Waals surface area contributed by atoms with Crippen molar-refractivity contribution in [2.75, 3.05) is 36.4 Å². The Balaban J connectivity index is 1.46. The average molecular weight is 480 g/mol. The summed E-state index contributed by atoms with van der Waals surface area (Å²) in [6.45, 7) is 6.32. The van der Waals surface area contributed by atoms with Crippen molar-refractivity contribution in [1.82, 2.24) is 19.4 Å². The van der Waals surface area contributed by atoms with Crippen LogP contribution in [0.25, 0.3) is 11.0 Å². The van der Waals surface area contributed by atoms with Gasteiger partial charge in [-0.15, -0.1) is 0 Å². The van der Waals surface area contributed by atoms with E-state index in [1.807, 2.05) is 28.9 Å². The van der Waals surface area contributed by atoms with Gasteiger partial charge in [-0.3, -0.25) is 9.59 Å². The molecule has 1 aliphatic rings. The smallest absolute Gasteiger partial charge is 0.227 e. The Hall–Kier alpha value is -3.86. The number of fused-ring (bicyclic) bond motifs is 1. The summed E-state index contributed by atoms with van der Waals surface area (Å²) in [6.07, 6.45) is 2.64. The Bertz CT molecular complexity index is 1330. The third-order valence-electron chi connectivity index (χ3n) is 5.76. The first kappa shape index (κ1) is 23.3. The zero-order chi connectivity index (χ0) is 24.4. The molecule has 1 aliphatic heterocycles. The fourth-order valence-corrected chi connectivity index (χ4v) is 4.10. The van der Waals surface area contributed by atoms with Gasteiger partial charge in [0, 0.05) is 56.4 Å². The highest BCUT2D eigenvalue weighted by Crippen LogP contribution is 2.17. The van der Waals surface area contributed by atoms with E-state index in [4.69, 9.17) is 12.2 Å². The van der Waals surface area contributed by atoms with Crippen LogP contribution in [-0.2, 0) is 6.54 Å². The molecule has 2 aromatic heterocycles. The Morgan fingerprint density at radius 2 is 1.82 bits per heavy atom. The molecule has 0 spiro atoms. The number of ketones is 1. The van der Waals surface area contributed by atoms with Gasteiger partial charge in [-0.25, -0.2) is 4.98 Å². The number of carbonyl (C=O) groups is 2. The minimum Gasteiger partial charge on any atom is -0.545 e. The maximum Gasteiger partial charge on any atom is 0.227 e. The number of rotatable bonds is 5. The molecular formula is C23H23N6O4S-. The van der Waals surface area contributed by atoms with E-state index < -0.39 is 17.0 Å². The minimum atomic E-state index is -1.52. The van der Waals surface area contributed by atoms with E-state index in [2.05, 4.69) is 15.3 Å². The molecule has 0 aliphatic carbocycles. The average Bonchev–Trinajstić information content (AvgIpc) is 2.84. The molecule has 176 valence electrons. The van der Waals surface area contributed by atoms with Gasteiger partial charge < -0.3 is 29.6 Å². The summed E-state index contributed by atoms with van der Waals surface area (Å²) in [7, 11) is 0. The number of carboxylic acids is 1. The molecule has 0 atom stereocenters. The molecule has 11 heteroatoms. The van der Waals surface area contributed by atoms with Gasteiger partial charge in [0.1, 0.15) is 5.65 Å². The maximum atomic E-state index is 12.5. The second-order valence-electron chi connectivity index (χ2n) is 7.89. The lowest BCUT2D eigenvalue weighted by Gasteiger charge is -2.36. The predicted octanol–water partition coefficient (Wildman–Crippen LogP) is 0.896. The molecule has 0 bridgehead atoms. The van der Waals surface area contributed by atoms with Crippen molar-refractivity contribution in [2.24, 2.45) is 0 Å². The van der Waals surface area contributed by atoms with Gasteiger partial charge in [-0.1, -0.05) is 0 Å². The molecule has 0 amide bonds. The summed E-state index contributed by atoms with van der Waals surface area (Å²) in [4.78, 5) is 48.1. The zero-order valence-electron chi connectivity index (χ0n) is 18.8. The fourth-order valence-electron chi connectivity index (χ4n) is 3.80. The molecule has 1 fully saturated rings. The molecule has 1 N–H and O–H groups in total. The van der Waals surface area contributed by atoms with E-state index in [0.717, 1.165) is 5.69 Å². The normalized spacial score (nSPS) is 13.7. The van der Waals surface area contributed by atoms with Crippen LogP contribution in [0.4, 0.5) is 11.6 Å². The van der Waals surface area contributed by atoms with Gasteiger partial charge in [-0.2, -0.15) is 4.98 Å². The van der Waals surface area contributed by atoms with Crippen LogP contribution in [0.2, 0.25) is 0 Å². The number of aryl methyl sites for hydroxylation is 1. The van der Waals surface area contributed by atoms with Crippen molar-refractivity contribution in [3.05, 3.63) is 58.0 Å².